The van der Waals surface area contributed by atoms with Gasteiger partial charge in [0.05, 0.1) is 7.11 Å². The Morgan fingerprint density at radius 3 is 2.71 bits per heavy atom. The van der Waals surface area contributed by atoms with E-state index in [4.69, 9.17) is 4.74 Å². The van der Waals surface area contributed by atoms with E-state index in [0.29, 0.717) is 19.4 Å². The van der Waals surface area contributed by atoms with Crippen molar-refractivity contribution < 1.29 is 13.9 Å². The summed E-state index contributed by atoms with van der Waals surface area (Å²) in [6.07, 6.45) is 0.945. The number of amides is 1. The van der Waals surface area contributed by atoms with Crippen LogP contribution in [0.1, 0.15) is 18.9 Å². The van der Waals surface area contributed by atoms with Gasteiger partial charge in [-0.15, -0.1) is 0 Å². The van der Waals surface area contributed by atoms with Crippen LogP contribution in [0.5, 0.6) is 5.75 Å². The average molecular weight is 239 g/mol. The molecular formula is C13H18FNO2. The maximum Gasteiger partial charge on any atom is 0.222 e. The molecule has 0 aliphatic carbocycles. The standard InChI is InChI=1S/C13H18FNO2/c1-4-15(2)13(16)8-6-10-5-7-12(17-3)11(14)9-10/h5,7,9H,4,6,8H2,1-3H3. The van der Waals surface area contributed by atoms with Crippen molar-refractivity contribution in [3.05, 3.63) is 29.6 Å². The zero-order chi connectivity index (χ0) is 12.8. The molecule has 0 heterocycles. The molecule has 4 heteroatoms. The molecule has 0 bridgehead atoms. The van der Waals surface area contributed by atoms with E-state index >= 15 is 0 Å². The maximum atomic E-state index is 13.4. The molecule has 1 aromatic carbocycles. The van der Waals surface area contributed by atoms with E-state index in [0.717, 1.165) is 5.56 Å². The minimum atomic E-state index is -0.388. The topological polar surface area (TPSA) is 29.5 Å². The molecule has 0 saturated carbocycles. The van der Waals surface area contributed by atoms with E-state index in [2.05, 4.69) is 0 Å². The molecule has 1 amide bonds. The molecule has 0 fully saturated rings. The Morgan fingerprint density at radius 1 is 1.47 bits per heavy atom. The Kier molecular flexibility index (Phi) is 4.94. The first kappa shape index (κ1) is 13.5. The molecule has 0 unspecified atom stereocenters. The summed E-state index contributed by atoms with van der Waals surface area (Å²) in [5, 5.41) is 0. The SMILES string of the molecule is CCN(C)C(=O)CCc1ccc(OC)c(F)c1. The third-order valence-electron chi connectivity index (χ3n) is 2.74. The van der Waals surface area contributed by atoms with E-state index in [1.165, 1.54) is 13.2 Å². The summed E-state index contributed by atoms with van der Waals surface area (Å²) in [4.78, 5) is 13.2. The number of nitrogens with zero attached hydrogens (tertiary/aromatic N) is 1. The van der Waals surface area contributed by atoms with Crippen molar-refractivity contribution >= 4 is 5.91 Å². The molecule has 1 aromatic rings. The van der Waals surface area contributed by atoms with Gasteiger partial charge in [0.15, 0.2) is 11.6 Å². The summed E-state index contributed by atoms with van der Waals surface area (Å²) in [7, 11) is 3.19. The number of rotatable bonds is 5. The van der Waals surface area contributed by atoms with Gasteiger partial charge in [0.2, 0.25) is 5.91 Å². The lowest BCUT2D eigenvalue weighted by Gasteiger charge is -2.14. The Hall–Kier alpha value is -1.58. The third kappa shape index (κ3) is 3.73. The minimum Gasteiger partial charge on any atom is -0.494 e. The van der Waals surface area contributed by atoms with E-state index in [1.807, 2.05) is 6.92 Å². The molecule has 3 nitrogen and oxygen atoms in total. The largest absolute Gasteiger partial charge is 0.494 e. The smallest absolute Gasteiger partial charge is 0.222 e. The number of benzene rings is 1. The summed E-state index contributed by atoms with van der Waals surface area (Å²) < 4.78 is 18.2. The van der Waals surface area contributed by atoms with Gasteiger partial charge in [0, 0.05) is 20.0 Å². The highest BCUT2D eigenvalue weighted by molar-refractivity contribution is 5.76. The van der Waals surface area contributed by atoms with Crippen LogP contribution in [0, 0.1) is 5.82 Å². The van der Waals surface area contributed by atoms with Crippen LogP contribution in [-0.4, -0.2) is 31.5 Å². The second kappa shape index (κ2) is 6.23. The van der Waals surface area contributed by atoms with Crippen molar-refractivity contribution in [3.63, 3.8) is 0 Å². The van der Waals surface area contributed by atoms with Crippen LogP contribution in [-0.2, 0) is 11.2 Å². The first-order valence-corrected chi connectivity index (χ1v) is 5.64. The fourth-order valence-electron chi connectivity index (χ4n) is 1.48. The molecule has 94 valence electrons. The van der Waals surface area contributed by atoms with E-state index in [1.54, 1.807) is 24.1 Å². The van der Waals surface area contributed by atoms with Crippen molar-refractivity contribution in [1.82, 2.24) is 4.90 Å². The van der Waals surface area contributed by atoms with Crippen molar-refractivity contribution in [1.29, 1.82) is 0 Å². The first-order valence-electron chi connectivity index (χ1n) is 5.64. The summed E-state index contributed by atoms with van der Waals surface area (Å²) in [5.41, 5.74) is 0.807. The maximum absolute atomic E-state index is 13.4. The molecule has 17 heavy (non-hydrogen) atoms. The third-order valence-corrected chi connectivity index (χ3v) is 2.74. The lowest BCUT2D eigenvalue weighted by molar-refractivity contribution is -0.129. The van der Waals surface area contributed by atoms with E-state index in [9.17, 15) is 9.18 Å². The zero-order valence-corrected chi connectivity index (χ0v) is 10.5. The van der Waals surface area contributed by atoms with Crippen molar-refractivity contribution in [2.45, 2.75) is 19.8 Å². The fourth-order valence-corrected chi connectivity index (χ4v) is 1.48. The first-order chi connectivity index (χ1) is 8.08. The van der Waals surface area contributed by atoms with Gasteiger partial charge < -0.3 is 9.64 Å². The average Bonchev–Trinajstić information content (AvgIpc) is 2.35. The number of ether oxygens (including phenoxy) is 1. The van der Waals surface area contributed by atoms with Gasteiger partial charge in [-0.05, 0) is 31.0 Å². The molecule has 1 rings (SSSR count). The molecular weight excluding hydrogens is 221 g/mol. The number of hydrogen-bond acceptors (Lipinski definition) is 2. The zero-order valence-electron chi connectivity index (χ0n) is 10.5. The molecule has 0 saturated heterocycles. The molecule has 0 N–H and O–H groups in total. The van der Waals surface area contributed by atoms with Gasteiger partial charge in [-0.1, -0.05) is 6.07 Å². The highest BCUT2D eigenvalue weighted by Crippen LogP contribution is 2.18. The van der Waals surface area contributed by atoms with Gasteiger partial charge in [-0.3, -0.25) is 4.79 Å². The number of halogens is 1. The number of carbonyl (C=O) groups excluding carboxylic acids is 1. The van der Waals surface area contributed by atoms with Gasteiger partial charge in [0.25, 0.3) is 0 Å². The normalized spacial score (nSPS) is 10.1. The number of aryl methyl sites for hydroxylation is 1. The van der Waals surface area contributed by atoms with Crippen LogP contribution < -0.4 is 4.74 Å². The Bertz CT molecular complexity index is 393. The second-order valence-corrected chi connectivity index (χ2v) is 3.88. The quantitative estimate of drug-likeness (QED) is 0.788. The van der Waals surface area contributed by atoms with Crippen LogP contribution >= 0.6 is 0 Å². The highest BCUT2D eigenvalue weighted by atomic mass is 19.1. The lowest BCUT2D eigenvalue weighted by atomic mass is 10.1. The van der Waals surface area contributed by atoms with Gasteiger partial charge in [-0.25, -0.2) is 4.39 Å². The molecule has 0 spiro atoms. The number of hydrogen-bond donors (Lipinski definition) is 0. The summed E-state index contributed by atoms with van der Waals surface area (Å²) >= 11 is 0. The predicted octanol–water partition coefficient (Wildman–Crippen LogP) is 2.25. The van der Waals surface area contributed by atoms with Crippen molar-refractivity contribution in [3.8, 4) is 5.75 Å². The predicted molar refractivity (Wildman–Crippen MR) is 64.6 cm³/mol. The van der Waals surface area contributed by atoms with E-state index < -0.39 is 0 Å². The monoisotopic (exact) mass is 239 g/mol. The van der Waals surface area contributed by atoms with Crippen LogP contribution in [0.2, 0.25) is 0 Å². The van der Waals surface area contributed by atoms with Crippen molar-refractivity contribution in [2.24, 2.45) is 0 Å². The fraction of sp³-hybridized carbons (Fsp3) is 0.462. The van der Waals surface area contributed by atoms with E-state index in [-0.39, 0.29) is 17.5 Å². The summed E-state index contributed by atoms with van der Waals surface area (Å²) in [6, 6.07) is 4.78. The second-order valence-electron chi connectivity index (χ2n) is 3.88. The Morgan fingerprint density at radius 2 is 2.18 bits per heavy atom. The van der Waals surface area contributed by atoms with Crippen molar-refractivity contribution in [2.75, 3.05) is 20.7 Å². The van der Waals surface area contributed by atoms with Gasteiger partial charge in [0.1, 0.15) is 0 Å². The molecule has 0 radical (unpaired) electrons. The Balaban J connectivity index is 2.58. The summed E-state index contributed by atoms with van der Waals surface area (Å²) in [6.45, 7) is 2.61. The molecule has 0 aliphatic rings. The van der Waals surface area contributed by atoms with Gasteiger partial charge in [-0.2, -0.15) is 0 Å². The highest BCUT2D eigenvalue weighted by Gasteiger charge is 2.08. The molecule has 0 aromatic heterocycles. The number of methoxy groups -OCH3 is 1. The van der Waals surface area contributed by atoms with Gasteiger partial charge >= 0.3 is 0 Å². The number of carbonyl (C=O) groups is 1. The molecule has 0 aliphatic heterocycles. The minimum absolute atomic E-state index is 0.0729. The summed E-state index contributed by atoms with van der Waals surface area (Å²) in [5.74, 6) is -0.0872. The Labute approximate surface area is 101 Å². The van der Waals surface area contributed by atoms with Crippen LogP contribution in [0.3, 0.4) is 0 Å². The van der Waals surface area contributed by atoms with Crippen LogP contribution in [0.4, 0.5) is 4.39 Å². The van der Waals surface area contributed by atoms with Crippen LogP contribution in [0.15, 0.2) is 18.2 Å². The van der Waals surface area contributed by atoms with Crippen LogP contribution in [0.25, 0.3) is 0 Å². The molecule has 0 atom stereocenters. The lowest BCUT2D eigenvalue weighted by Crippen LogP contribution is -2.26.